The summed E-state index contributed by atoms with van der Waals surface area (Å²) in [5, 5.41) is 22.3. The van der Waals surface area contributed by atoms with Crippen LogP contribution in [-0.4, -0.2) is 71.1 Å². The molecule has 1 aliphatic rings. The number of ether oxygens (including phenoxy) is 1. The summed E-state index contributed by atoms with van der Waals surface area (Å²) in [6.45, 7) is 2.45. The van der Waals surface area contributed by atoms with Gasteiger partial charge in [-0.15, -0.1) is 0 Å². The lowest BCUT2D eigenvalue weighted by atomic mass is 10.0. The maximum Gasteiger partial charge on any atom is 0.109 e. The Morgan fingerprint density at radius 3 is 1.94 bits per heavy atom. The van der Waals surface area contributed by atoms with Gasteiger partial charge in [-0.25, -0.2) is 0 Å². The van der Waals surface area contributed by atoms with Crippen molar-refractivity contribution in [2.75, 3.05) is 26.7 Å². The number of rotatable bonds is 11. The minimum atomic E-state index is -0.778. The van der Waals surface area contributed by atoms with Crippen LogP contribution < -0.4 is 0 Å². The first-order valence-corrected chi connectivity index (χ1v) is 13.1. The van der Waals surface area contributed by atoms with Gasteiger partial charge in [0, 0.05) is 36.2 Å². The van der Waals surface area contributed by atoms with Crippen LogP contribution in [0.15, 0.2) is 78.9 Å². The van der Waals surface area contributed by atoms with Crippen molar-refractivity contribution < 1.29 is 14.9 Å². The Labute approximate surface area is 223 Å². The average molecular weight is 530 g/mol. The number of nitrogens with zero attached hydrogens (tertiary/aromatic N) is 2. The van der Waals surface area contributed by atoms with Crippen LogP contribution in [0.3, 0.4) is 0 Å². The molecule has 1 fully saturated rings. The van der Waals surface area contributed by atoms with Gasteiger partial charge in [-0.05, 0) is 54.4 Å². The SMILES string of the molecule is CN(CCc1ccccc1)C1C(CN(Cc2cccc(Cl)c2)Cc2cccc(Cl)c2)OC(CO)C1O. The van der Waals surface area contributed by atoms with Crippen LogP contribution >= 0.6 is 23.2 Å². The molecule has 36 heavy (non-hydrogen) atoms. The van der Waals surface area contributed by atoms with E-state index in [0.29, 0.717) is 29.7 Å². The lowest BCUT2D eigenvalue weighted by Gasteiger charge is -2.33. The molecular weight excluding hydrogens is 495 g/mol. The van der Waals surface area contributed by atoms with E-state index in [-0.39, 0.29) is 18.8 Å². The van der Waals surface area contributed by atoms with Crippen LogP contribution in [0.5, 0.6) is 0 Å². The van der Waals surface area contributed by atoms with Gasteiger partial charge in [-0.1, -0.05) is 77.8 Å². The molecule has 0 spiro atoms. The smallest absolute Gasteiger partial charge is 0.109 e. The molecular formula is C29H34Cl2N2O3. The molecule has 192 valence electrons. The fourth-order valence-corrected chi connectivity index (χ4v) is 5.42. The molecule has 0 amide bonds. The first kappa shape index (κ1) is 27.1. The summed E-state index contributed by atoms with van der Waals surface area (Å²) in [6.07, 6.45) is -0.805. The molecule has 0 radical (unpaired) electrons. The van der Waals surface area contributed by atoms with Crippen LogP contribution in [-0.2, 0) is 24.2 Å². The number of benzene rings is 3. The molecule has 1 aliphatic heterocycles. The van der Waals surface area contributed by atoms with Gasteiger partial charge < -0.3 is 14.9 Å². The van der Waals surface area contributed by atoms with Crippen LogP contribution in [0, 0.1) is 0 Å². The molecule has 7 heteroatoms. The molecule has 1 saturated heterocycles. The first-order valence-electron chi connectivity index (χ1n) is 12.3. The van der Waals surface area contributed by atoms with Crippen molar-refractivity contribution in [3.63, 3.8) is 0 Å². The predicted octanol–water partition coefficient (Wildman–Crippen LogP) is 4.66. The van der Waals surface area contributed by atoms with Gasteiger partial charge in [0.05, 0.1) is 18.8 Å². The fourth-order valence-electron chi connectivity index (χ4n) is 5.00. The summed E-state index contributed by atoms with van der Waals surface area (Å²) in [4.78, 5) is 4.45. The Morgan fingerprint density at radius 1 is 0.806 bits per heavy atom. The van der Waals surface area contributed by atoms with E-state index in [9.17, 15) is 10.2 Å². The minimum absolute atomic E-state index is 0.219. The zero-order chi connectivity index (χ0) is 25.5. The van der Waals surface area contributed by atoms with Gasteiger partial charge in [-0.3, -0.25) is 9.80 Å². The van der Waals surface area contributed by atoms with Gasteiger partial charge in [0.2, 0.25) is 0 Å². The lowest BCUT2D eigenvalue weighted by Crippen LogP contribution is -2.50. The average Bonchev–Trinajstić information content (AvgIpc) is 3.18. The van der Waals surface area contributed by atoms with Crippen molar-refractivity contribution >= 4 is 23.2 Å². The van der Waals surface area contributed by atoms with E-state index in [1.54, 1.807) is 0 Å². The van der Waals surface area contributed by atoms with E-state index in [1.807, 2.05) is 61.6 Å². The third-order valence-corrected chi connectivity index (χ3v) is 7.25. The van der Waals surface area contributed by atoms with Crippen LogP contribution in [0.25, 0.3) is 0 Å². The molecule has 0 bridgehead atoms. The van der Waals surface area contributed by atoms with E-state index in [2.05, 4.69) is 34.1 Å². The summed E-state index contributed by atoms with van der Waals surface area (Å²) in [7, 11) is 2.02. The number of likely N-dealkylation sites (N-methyl/N-ethyl adjacent to an activating group) is 1. The minimum Gasteiger partial charge on any atom is -0.394 e. The molecule has 0 aliphatic carbocycles. The molecule has 4 atom stereocenters. The molecule has 3 aromatic rings. The van der Waals surface area contributed by atoms with Crippen molar-refractivity contribution in [2.24, 2.45) is 0 Å². The third-order valence-electron chi connectivity index (χ3n) is 6.77. The normalized spacial score (nSPS) is 22.0. The fraction of sp³-hybridized carbons (Fsp3) is 0.379. The van der Waals surface area contributed by atoms with Crippen molar-refractivity contribution in [3.8, 4) is 0 Å². The molecule has 4 unspecified atom stereocenters. The Bertz CT molecular complexity index is 1050. The summed E-state index contributed by atoms with van der Waals surface area (Å²) >= 11 is 12.5. The second-order valence-corrected chi connectivity index (χ2v) is 10.4. The zero-order valence-corrected chi connectivity index (χ0v) is 22.0. The quantitative estimate of drug-likeness (QED) is 0.379. The lowest BCUT2D eigenvalue weighted by molar-refractivity contribution is -0.0322. The Kier molecular flexibility index (Phi) is 9.80. The molecule has 5 nitrogen and oxygen atoms in total. The highest BCUT2D eigenvalue weighted by molar-refractivity contribution is 6.30. The standard InChI is InChI=1S/C29H34Cl2N2O3/c1-32(14-13-21-7-3-2-4-8-21)28-26(36-27(20-34)29(28)35)19-33(17-22-9-5-11-24(30)15-22)18-23-10-6-12-25(31)16-23/h2-12,15-16,26-29,34-35H,13-14,17-20H2,1H3. The van der Waals surface area contributed by atoms with E-state index in [4.69, 9.17) is 27.9 Å². The summed E-state index contributed by atoms with van der Waals surface area (Å²) in [5.74, 6) is 0. The third kappa shape index (κ3) is 7.30. The largest absolute Gasteiger partial charge is 0.394 e. The van der Waals surface area contributed by atoms with E-state index < -0.39 is 12.2 Å². The monoisotopic (exact) mass is 528 g/mol. The van der Waals surface area contributed by atoms with Gasteiger partial charge in [0.25, 0.3) is 0 Å². The molecule has 4 rings (SSSR count). The van der Waals surface area contributed by atoms with Gasteiger partial charge in [0.15, 0.2) is 0 Å². The number of hydrogen-bond acceptors (Lipinski definition) is 5. The van der Waals surface area contributed by atoms with Crippen molar-refractivity contribution in [2.45, 2.75) is 43.9 Å². The van der Waals surface area contributed by atoms with Crippen LogP contribution in [0.4, 0.5) is 0 Å². The highest BCUT2D eigenvalue weighted by atomic mass is 35.5. The number of hydrogen-bond donors (Lipinski definition) is 2. The highest BCUT2D eigenvalue weighted by Crippen LogP contribution is 2.28. The summed E-state index contributed by atoms with van der Waals surface area (Å²) in [5.41, 5.74) is 3.43. The van der Waals surface area contributed by atoms with Gasteiger partial charge in [-0.2, -0.15) is 0 Å². The van der Waals surface area contributed by atoms with Crippen molar-refractivity contribution in [3.05, 3.63) is 106 Å². The van der Waals surface area contributed by atoms with Gasteiger partial charge >= 0.3 is 0 Å². The predicted molar refractivity (Wildman–Crippen MR) is 145 cm³/mol. The summed E-state index contributed by atoms with van der Waals surface area (Å²) in [6, 6.07) is 25.8. The Balaban J connectivity index is 1.52. The maximum atomic E-state index is 11.1. The number of aliphatic hydroxyl groups is 2. The topological polar surface area (TPSA) is 56.2 Å². The van der Waals surface area contributed by atoms with Crippen molar-refractivity contribution in [1.82, 2.24) is 9.80 Å². The zero-order valence-electron chi connectivity index (χ0n) is 20.5. The second kappa shape index (κ2) is 13.0. The van der Waals surface area contributed by atoms with E-state index in [0.717, 1.165) is 24.1 Å². The van der Waals surface area contributed by atoms with E-state index in [1.165, 1.54) is 5.56 Å². The highest BCUT2D eigenvalue weighted by Gasteiger charge is 2.45. The first-order chi connectivity index (χ1) is 17.4. The Hall–Kier alpha value is -1.96. The Morgan fingerprint density at radius 2 is 1.39 bits per heavy atom. The second-order valence-electron chi connectivity index (χ2n) is 9.52. The van der Waals surface area contributed by atoms with Crippen molar-refractivity contribution in [1.29, 1.82) is 0 Å². The number of halogens is 2. The molecule has 0 saturated carbocycles. The van der Waals surface area contributed by atoms with E-state index >= 15 is 0 Å². The molecule has 0 aromatic heterocycles. The summed E-state index contributed by atoms with van der Waals surface area (Å²) < 4.78 is 6.23. The molecule has 2 N–H and O–H groups in total. The maximum absolute atomic E-state index is 11.1. The number of aliphatic hydroxyl groups excluding tert-OH is 2. The van der Waals surface area contributed by atoms with Gasteiger partial charge in [0.1, 0.15) is 12.2 Å². The molecule has 3 aromatic carbocycles. The van der Waals surface area contributed by atoms with Crippen LogP contribution in [0.2, 0.25) is 10.0 Å². The molecule has 1 heterocycles. The van der Waals surface area contributed by atoms with Crippen LogP contribution in [0.1, 0.15) is 16.7 Å².